The van der Waals surface area contributed by atoms with Crippen molar-refractivity contribution < 1.29 is 19.1 Å². The molecule has 2 aromatic carbocycles. The third-order valence-electron chi connectivity index (χ3n) is 7.48. The van der Waals surface area contributed by atoms with Gasteiger partial charge >= 0.3 is 5.97 Å². The number of esters is 1. The molecule has 5 nitrogen and oxygen atoms in total. The van der Waals surface area contributed by atoms with Crippen molar-refractivity contribution in [2.45, 2.75) is 58.5 Å². The summed E-state index contributed by atoms with van der Waals surface area (Å²) in [7, 11) is 1.70. The van der Waals surface area contributed by atoms with Crippen LogP contribution in [0.25, 0.3) is 0 Å². The van der Waals surface area contributed by atoms with Crippen LogP contribution in [0.15, 0.2) is 48.5 Å². The molecule has 170 valence electrons. The van der Waals surface area contributed by atoms with Gasteiger partial charge in [0.25, 0.3) is 0 Å². The van der Waals surface area contributed by atoms with Gasteiger partial charge in [-0.15, -0.1) is 0 Å². The molecular weight excluding hydrogens is 402 g/mol. The summed E-state index contributed by atoms with van der Waals surface area (Å²) in [6.45, 7) is 3.61. The van der Waals surface area contributed by atoms with Gasteiger partial charge in [-0.3, -0.25) is 9.59 Å². The minimum absolute atomic E-state index is 0.0244. The number of amides is 1. The molecule has 32 heavy (non-hydrogen) atoms. The summed E-state index contributed by atoms with van der Waals surface area (Å²) in [4.78, 5) is 24.9. The summed E-state index contributed by atoms with van der Waals surface area (Å²) in [5.74, 6) is 1.39. The highest BCUT2D eigenvalue weighted by Crippen LogP contribution is 2.53. The van der Waals surface area contributed by atoms with E-state index >= 15 is 0 Å². The molecule has 0 radical (unpaired) electrons. The van der Waals surface area contributed by atoms with Gasteiger partial charge in [-0.1, -0.05) is 31.2 Å². The molecule has 1 amide bonds. The highest BCUT2D eigenvalue weighted by molar-refractivity contribution is 5.91. The van der Waals surface area contributed by atoms with E-state index in [-0.39, 0.29) is 23.4 Å². The van der Waals surface area contributed by atoms with Gasteiger partial charge in [0.1, 0.15) is 11.9 Å². The van der Waals surface area contributed by atoms with E-state index in [1.807, 2.05) is 36.4 Å². The molecule has 2 aromatic rings. The van der Waals surface area contributed by atoms with Gasteiger partial charge in [0.2, 0.25) is 5.91 Å². The number of rotatable bonds is 6. The van der Waals surface area contributed by atoms with Crippen LogP contribution in [0.3, 0.4) is 0 Å². The number of fused-ring (bicyclic) bond motifs is 1. The van der Waals surface area contributed by atoms with Crippen molar-refractivity contribution in [1.29, 1.82) is 0 Å². The second-order valence-corrected chi connectivity index (χ2v) is 9.52. The molecule has 2 aliphatic rings. The van der Waals surface area contributed by atoms with Crippen LogP contribution in [0.1, 0.15) is 50.7 Å². The van der Waals surface area contributed by atoms with E-state index < -0.39 is 0 Å². The summed E-state index contributed by atoms with van der Waals surface area (Å²) in [6.07, 6.45) is 4.98. The second-order valence-electron chi connectivity index (χ2n) is 9.52. The molecular formula is C27H33NO4. The topological polar surface area (TPSA) is 64.6 Å². The Balaban J connectivity index is 1.54. The lowest BCUT2D eigenvalue weighted by molar-refractivity contribution is -0.154. The van der Waals surface area contributed by atoms with Crippen molar-refractivity contribution in [1.82, 2.24) is 0 Å². The zero-order valence-electron chi connectivity index (χ0n) is 19.2. The zero-order chi connectivity index (χ0) is 22.7. The van der Waals surface area contributed by atoms with E-state index in [9.17, 15) is 9.59 Å². The number of anilines is 1. The van der Waals surface area contributed by atoms with Crippen LogP contribution >= 0.6 is 0 Å². The van der Waals surface area contributed by atoms with E-state index in [1.165, 1.54) is 18.1 Å². The summed E-state index contributed by atoms with van der Waals surface area (Å²) in [6, 6.07) is 15.9. The van der Waals surface area contributed by atoms with E-state index in [0.29, 0.717) is 18.3 Å². The third-order valence-corrected chi connectivity index (χ3v) is 7.48. The number of methoxy groups -OCH3 is 1. The van der Waals surface area contributed by atoms with Gasteiger partial charge in [0, 0.05) is 24.4 Å². The van der Waals surface area contributed by atoms with Crippen molar-refractivity contribution >= 4 is 17.6 Å². The van der Waals surface area contributed by atoms with Crippen molar-refractivity contribution in [3.05, 3.63) is 59.7 Å². The third kappa shape index (κ3) is 4.67. The van der Waals surface area contributed by atoms with Crippen LogP contribution in [0.2, 0.25) is 0 Å². The number of carbonyl (C=O) groups is 2. The average Bonchev–Trinajstić information content (AvgIpc) is 3.08. The molecule has 1 saturated carbocycles. The van der Waals surface area contributed by atoms with Crippen LogP contribution in [0.5, 0.6) is 5.75 Å². The summed E-state index contributed by atoms with van der Waals surface area (Å²) in [5.41, 5.74) is 3.13. The standard InChI is InChI=1S/C27H33NO4/c1-18(29)32-25-14-13-24(21-10-9-20-16-23(31-3)12-11-19(20)15-21)27(25,2)17-26(30)28-22-7-5-4-6-8-22/h4-8,11-12,16,21,24-25H,9-10,13-15,17H2,1-3H3,(H,28,30)/t21?,24?,25-,27-/m0/s1. The fourth-order valence-electron chi connectivity index (χ4n) is 5.94. The number of carbonyl (C=O) groups excluding carboxylic acids is 2. The van der Waals surface area contributed by atoms with E-state index in [4.69, 9.17) is 9.47 Å². The normalized spacial score (nSPS) is 26.8. The van der Waals surface area contributed by atoms with E-state index in [2.05, 4.69) is 24.4 Å². The maximum atomic E-state index is 13.0. The van der Waals surface area contributed by atoms with Crippen LogP contribution in [0, 0.1) is 17.3 Å². The maximum absolute atomic E-state index is 13.0. The van der Waals surface area contributed by atoms with Crippen LogP contribution in [-0.2, 0) is 27.2 Å². The number of hydrogen-bond donors (Lipinski definition) is 1. The van der Waals surface area contributed by atoms with Crippen LogP contribution in [-0.4, -0.2) is 25.1 Å². The molecule has 1 fully saturated rings. The summed E-state index contributed by atoms with van der Waals surface area (Å²) in [5, 5.41) is 3.03. The summed E-state index contributed by atoms with van der Waals surface area (Å²) >= 11 is 0. The molecule has 2 aliphatic carbocycles. The molecule has 5 heteroatoms. The maximum Gasteiger partial charge on any atom is 0.302 e. The van der Waals surface area contributed by atoms with Crippen LogP contribution < -0.4 is 10.1 Å². The second kappa shape index (κ2) is 9.35. The lowest BCUT2D eigenvalue weighted by Crippen LogP contribution is -2.42. The zero-order valence-corrected chi connectivity index (χ0v) is 19.2. The Kier molecular flexibility index (Phi) is 6.54. The largest absolute Gasteiger partial charge is 0.497 e. The molecule has 2 unspecified atom stereocenters. The highest BCUT2D eigenvalue weighted by Gasteiger charge is 2.52. The van der Waals surface area contributed by atoms with Gasteiger partial charge in [-0.2, -0.15) is 0 Å². The van der Waals surface area contributed by atoms with Crippen molar-refractivity contribution in [2.24, 2.45) is 17.3 Å². The number of benzene rings is 2. The molecule has 0 aliphatic heterocycles. The predicted octanol–water partition coefficient (Wildman–Crippen LogP) is 5.18. The van der Waals surface area contributed by atoms with Gasteiger partial charge in [-0.05, 0) is 79.3 Å². The van der Waals surface area contributed by atoms with E-state index in [0.717, 1.165) is 43.5 Å². The number of nitrogens with one attached hydrogen (secondary N) is 1. The number of hydrogen-bond acceptors (Lipinski definition) is 4. The fraction of sp³-hybridized carbons (Fsp3) is 0.481. The molecule has 0 saturated heterocycles. The predicted molar refractivity (Wildman–Crippen MR) is 125 cm³/mol. The molecule has 0 aromatic heterocycles. The SMILES string of the molecule is COc1ccc2c(c1)CCC(C1CC[C@H](OC(C)=O)[C@@]1(C)CC(=O)Nc1ccccc1)C2. The lowest BCUT2D eigenvalue weighted by Gasteiger charge is -2.41. The Morgan fingerprint density at radius 3 is 2.56 bits per heavy atom. The number of aryl methyl sites for hydroxylation is 1. The summed E-state index contributed by atoms with van der Waals surface area (Å²) < 4.78 is 11.2. The first-order chi connectivity index (χ1) is 15.4. The number of ether oxygens (including phenoxy) is 2. The first-order valence-corrected chi connectivity index (χ1v) is 11.6. The van der Waals surface area contributed by atoms with Crippen molar-refractivity contribution in [3.8, 4) is 5.75 Å². The van der Waals surface area contributed by atoms with Crippen molar-refractivity contribution in [3.63, 3.8) is 0 Å². The van der Waals surface area contributed by atoms with Gasteiger partial charge in [-0.25, -0.2) is 0 Å². The molecule has 4 rings (SSSR count). The molecule has 4 atom stereocenters. The minimum Gasteiger partial charge on any atom is -0.497 e. The Bertz CT molecular complexity index is 973. The fourth-order valence-corrected chi connectivity index (χ4v) is 5.94. The van der Waals surface area contributed by atoms with Gasteiger partial charge < -0.3 is 14.8 Å². The molecule has 1 N–H and O–H groups in total. The minimum atomic E-state index is -0.390. The monoisotopic (exact) mass is 435 g/mol. The Morgan fingerprint density at radius 1 is 1.06 bits per heavy atom. The molecule has 0 spiro atoms. The Labute approximate surface area is 190 Å². The van der Waals surface area contributed by atoms with E-state index in [1.54, 1.807) is 7.11 Å². The molecule has 0 heterocycles. The van der Waals surface area contributed by atoms with Gasteiger partial charge in [0.05, 0.1) is 7.11 Å². The highest BCUT2D eigenvalue weighted by atomic mass is 16.5. The van der Waals surface area contributed by atoms with Crippen LogP contribution in [0.4, 0.5) is 5.69 Å². The first-order valence-electron chi connectivity index (χ1n) is 11.6. The van der Waals surface area contributed by atoms with Crippen molar-refractivity contribution in [2.75, 3.05) is 12.4 Å². The lowest BCUT2D eigenvalue weighted by atomic mass is 9.65. The smallest absolute Gasteiger partial charge is 0.302 e. The average molecular weight is 436 g/mol. The quantitative estimate of drug-likeness (QED) is 0.635. The Morgan fingerprint density at radius 2 is 1.84 bits per heavy atom. The van der Waals surface area contributed by atoms with Gasteiger partial charge in [0.15, 0.2) is 0 Å². The molecule has 0 bridgehead atoms. The first kappa shape index (κ1) is 22.4. The Hall–Kier alpha value is -2.82. The number of para-hydroxylation sites is 1.